The molecule has 2 aromatic heterocycles. The zero-order valence-corrected chi connectivity index (χ0v) is 18.5. The number of rotatable bonds is 7. The molecule has 0 aliphatic heterocycles. The summed E-state index contributed by atoms with van der Waals surface area (Å²) in [5.74, 6) is 0.120. The summed E-state index contributed by atoms with van der Waals surface area (Å²) in [6, 6.07) is 9.24. The summed E-state index contributed by atoms with van der Waals surface area (Å²) in [6.45, 7) is 5.82. The number of ether oxygens (including phenoxy) is 1. The molecule has 3 aromatic rings. The van der Waals surface area contributed by atoms with Crippen LogP contribution in [0.5, 0.6) is 0 Å². The van der Waals surface area contributed by atoms with Crippen LogP contribution in [0.2, 0.25) is 0 Å². The quantitative estimate of drug-likeness (QED) is 0.562. The number of hydrogen-bond donors (Lipinski definition) is 2. The number of benzene rings is 1. The molecule has 0 bridgehead atoms. The molecule has 2 N–H and O–H groups in total. The first kappa shape index (κ1) is 22.4. The van der Waals surface area contributed by atoms with Crippen molar-refractivity contribution < 1.29 is 14.6 Å². The van der Waals surface area contributed by atoms with Gasteiger partial charge in [-0.3, -0.25) is 9.59 Å². The summed E-state index contributed by atoms with van der Waals surface area (Å²) < 4.78 is 6.13. The number of methoxy groups -OCH3 is 1. The standard InChI is InChI=1S/C23H28N4O4/c1-14(10-19(28)31-5)12-24-21-20-18(25-13-27(4)22(20)29)11-17(26-21)15-6-8-16(9-7-15)23(2,3)30/h6-9,11,13-14,30H,10,12H2,1-5H3,(H,24,26)/t14-/m1/s1. The Labute approximate surface area is 180 Å². The van der Waals surface area contributed by atoms with Gasteiger partial charge in [-0.05, 0) is 31.4 Å². The highest BCUT2D eigenvalue weighted by atomic mass is 16.5. The summed E-state index contributed by atoms with van der Waals surface area (Å²) in [6.07, 6.45) is 1.74. The van der Waals surface area contributed by atoms with Gasteiger partial charge in [-0.15, -0.1) is 0 Å². The van der Waals surface area contributed by atoms with Crippen LogP contribution in [0.3, 0.4) is 0 Å². The van der Waals surface area contributed by atoms with Crippen molar-refractivity contribution in [2.75, 3.05) is 19.0 Å². The highest BCUT2D eigenvalue weighted by Gasteiger charge is 2.18. The van der Waals surface area contributed by atoms with Gasteiger partial charge in [0.25, 0.3) is 5.56 Å². The minimum atomic E-state index is -0.939. The lowest BCUT2D eigenvalue weighted by Crippen LogP contribution is -2.21. The third-order valence-electron chi connectivity index (χ3n) is 5.15. The van der Waals surface area contributed by atoms with E-state index < -0.39 is 5.60 Å². The third-order valence-corrected chi connectivity index (χ3v) is 5.15. The number of aryl methyl sites for hydroxylation is 1. The average molecular weight is 425 g/mol. The summed E-state index contributed by atoms with van der Waals surface area (Å²) >= 11 is 0. The van der Waals surface area contributed by atoms with Crippen LogP contribution < -0.4 is 10.9 Å². The van der Waals surface area contributed by atoms with E-state index in [0.29, 0.717) is 29.0 Å². The number of fused-ring (bicyclic) bond motifs is 1. The molecular weight excluding hydrogens is 396 g/mol. The Morgan fingerprint density at radius 2 is 1.97 bits per heavy atom. The highest BCUT2D eigenvalue weighted by molar-refractivity contribution is 5.91. The molecule has 0 radical (unpaired) electrons. The maximum absolute atomic E-state index is 12.8. The molecule has 0 amide bonds. The van der Waals surface area contributed by atoms with Gasteiger partial charge in [0.1, 0.15) is 11.2 Å². The van der Waals surface area contributed by atoms with Crippen LogP contribution in [0.25, 0.3) is 22.2 Å². The average Bonchev–Trinajstić information content (AvgIpc) is 2.73. The van der Waals surface area contributed by atoms with Crippen molar-refractivity contribution in [3.05, 3.63) is 52.6 Å². The monoisotopic (exact) mass is 424 g/mol. The Kier molecular flexibility index (Phi) is 6.40. The van der Waals surface area contributed by atoms with E-state index in [4.69, 9.17) is 9.72 Å². The molecule has 0 saturated heterocycles. The van der Waals surface area contributed by atoms with Crippen molar-refractivity contribution in [1.29, 1.82) is 0 Å². The molecule has 31 heavy (non-hydrogen) atoms. The molecule has 0 unspecified atom stereocenters. The maximum atomic E-state index is 12.8. The second-order valence-corrected chi connectivity index (χ2v) is 8.31. The number of aromatic nitrogens is 3. The number of anilines is 1. The van der Waals surface area contributed by atoms with Crippen molar-refractivity contribution in [3.63, 3.8) is 0 Å². The van der Waals surface area contributed by atoms with E-state index in [1.54, 1.807) is 27.0 Å². The molecule has 0 spiro atoms. The number of hydrogen-bond acceptors (Lipinski definition) is 7. The van der Waals surface area contributed by atoms with Crippen molar-refractivity contribution in [1.82, 2.24) is 14.5 Å². The molecule has 0 fully saturated rings. The first-order valence-electron chi connectivity index (χ1n) is 10.1. The first-order valence-corrected chi connectivity index (χ1v) is 10.1. The van der Waals surface area contributed by atoms with E-state index >= 15 is 0 Å². The van der Waals surface area contributed by atoms with Crippen LogP contribution >= 0.6 is 0 Å². The van der Waals surface area contributed by atoms with Crippen LogP contribution in [0, 0.1) is 5.92 Å². The zero-order chi connectivity index (χ0) is 22.8. The Bertz CT molecular complexity index is 1150. The fourth-order valence-corrected chi connectivity index (χ4v) is 3.26. The number of carbonyl (C=O) groups excluding carboxylic acids is 1. The number of nitrogens with one attached hydrogen (secondary N) is 1. The molecular formula is C23H28N4O4. The van der Waals surface area contributed by atoms with Crippen molar-refractivity contribution in [2.45, 2.75) is 32.8 Å². The second kappa shape index (κ2) is 8.85. The highest BCUT2D eigenvalue weighted by Crippen LogP contribution is 2.27. The molecule has 0 saturated carbocycles. The Balaban J connectivity index is 2.02. The number of nitrogens with zero attached hydrogens (tertiary/aromatic N) is 3. The minimum absolute atomic E-state index is 0.0143. The molecule has 8 heteroatoms. The minimum Gasteiger partial charge on any atom is -0.469 e. The molecule has 164 valence electrons. The SMILES string of the molecule is COC(=O)C[C@@H](C)CNc1nc(-c2ccc(C(C)(C)O)cc2)cc2ncn(C)c(=O)c12. The van der Waals surface area contributed by atoms with Crippen LogP contribution in [-0.2, 0) is 22.2 Å². The van der Waals surface area contributed by atoms with Gasteiger partial charge in [0.05, 0.1) is 30.2 Å². The lowest BCUT2D eigenvalue weighted by Gasteiger charge is -2.18. The molecule has 0 aliphatic carbocycles. The summed E-state index contributed by atoms with van der Waals surface area (Å²) in [4.78, 5) is 33.4. The van der Waals surface area contributed by atoms with Gasteiger partial charge in [0.2, 0.25) is 0 Å². The number of pyridine rings is 1. The van der Waals surface area contributed by atoms with Crippen molar-refractivity contribution >= 4 is 22.7 Å². The lowest BCUT2D eigenvalue weighted by atomic mass is 9.96. The van der Waals surface area contributed by atoms with Gasteiger partial charge < -0.3 is 19.7 Å². The molecule has 1 atom stereocenters. The smallest absolute Gasteiger partial charge is 0.305 e. The lowest BCUT2D eigenvalue weighted by molar-refractivity contribution is -0.141. The maximum Gasteiger partial charge on any atom is 0.305 e. The topological polar surface area (TPSA) is 106 Å². The number of esters is 1. The van der Waals surface area contributed by atoms with Crippen LogP contribution in [-0.4, -0.2) is 39.3 Å². The Morgan fingerprint density at radius 3 is 2.58 bits per heavy atom. The summed E-state index contributed by atoms with van der Waals surface area (Å²) in [5.41, 5.74) is 1.67. The van der Waals surface area contributed by atoms with E-state index in [-0.39, 0.29) is 23.9 Å². The van der Waals surface area contributed by atoms with E-state index in [2.05, 4.69) is 10.3 Å². The number of aliphatic hydroxyl groups is 1. The van der Waals surface area contributed by atoms with Crippen LogP contribution in [0.15, 0.2) is 41.5 Å². The van der Waals surface area contributed by atoms with Gasteiger partial charge in [-0.25, -0.2) is 9.97 Å². The van der Waals surface area contributed by atoms with E-state index in [9.17, 15) is 14.7 Å². The predicted molar refractivity (Wildman–Crippen MR) is 120 cm³/mol. The molecule has 3 rings (SSSR count). The normalized spacial score (nSPS) is 12.6. The van der Waals surface area contributed by atoms with Crippen molar-refractivity contribution in [2.24, 2.45) is 13.0 Å². The summed E-state index contributed by atoms with van der Waals surface area (Å²) in [7, 11) is 3.00. The molecule has 0 aliphatic rings. The molecule has 1 aromatic carbocycles. The molecule has 8 nitrogen and oxygen atoms in total. The van der Waals surface area contributed by atoms with Crippen LogP contribution in [0.4, 0.5) is 5.82 Å². The van der Waals surface area contributed by atoms with Gasteiger partial charge in [-0.2, -0.15) is 0 Å². The predicted octanol–water partition coefficient (Wildman–Crippen LogP) is 2.83. The van der Waals surface area contributed by atoms with Crippen molar-refractivity contribution in [3.8, 4) is 11.3 Å². The third kappa shape index (κ3) is 5.08. The van der Waals surface area contributed by atoms with E-state index in [1.165, 1.54) is 18.0 Å². The van der Waals surface area contributed by atoms with Gasteiger partial charge in [0, 0.05) is 25.6 Å². The Hall–Kier alpha value is -3.26. The first-order chi connectivity index (χ1) is 14.6. The van der Waals surface area contributed by atoms with E-state index in [0.717, 1.165) is 11.1 Å². The molecule has 2 heterocycles. The van der Waals surface area contributed by atoms with Gasteiger partial charge in [0.15, 0.2) is 0 Å². The van der Waals surface area contributed by atoms with Gasteiger partial charge >= 0.3 is 5.97 Å². The Morgan fingerprint density at radius 1 is 1.29 bits per heavy atom. The largest absolute Gasteiger partial charge is 0.469 e. The number of carbonyl (C=O) groups is 1. The second-order valence-electron chi connectivity index (χ2n) is 8.31. The summed E-state index contributed by atoms with van der Waals surface area (Å²) in [5, 5.41) is 13.8. The van der Waals surface area contributed by atoms with E-state index in [1.807, 2.05) is 31.2 Å². The zero-order valence-electron chi connectivity index (χ0n) is 18.5. The van der Waals surface area contributed by atoms with Crippen LogP contribution in [0.1, 0.15) is 32.8 Å². The van der Waals surface area contributed by atoms with Gasteiger partial charge in [-0.1, -0.05) is 31.2 Å². The fraction of sp³-hybridized carbons (Fsp3) is 0.391. The fourth-order valence-electron chi connectivity index (χ4n) is 3.26.